The summed E-state index contributed by atoms with van der Waals surface area (Å²) in [6.45, 7) is 4.87. The minimum atomic E-state index is -0.974. The fraction of sp³-hybridized carbons (Fsp3) is 1.00. The molecule has 0 spiro atoms. The van der Waals surface area contributed by atoms with E-state index in [1.807, 2.05) is 0 Å². The van der Waals surface area contributed by atoms with Crippen LogP contribution >= 0.6 is 0 Å². The summed E-state index contributed by atoms with van der Waals surface area (Å²) in [6.07, 6.45) is 3.17. The van der Waals surface area contributed by atoms with Crippen LogP contribution in [0.15, 0.2) is 0 Å². The summed E-state index contributed by atoms with van der Waals surface area (Å²) in [4.78, 5) is 31.1. The molecule has 21 heavy (non-hydrogen) atoms. The Morgan fingerprint density at radius 1 is 1.05 bits per heavy atom. The molecule has 0 aliphatic rings. The Labute approximate surface area is 124 Å². The number of hydrogen-bond donors (Lipinski definition) is 0. The van der Waals surface area contributed by atoms with E-state index in [0.29, 0.717) is 18.9 Å². The van der Waals surface area contributed by atoms with Gasteiger partial charge in [-0.2, -0.15) is 0 Å². The molecule has 0 radical (unpaired) electrons. The van der Waals surface area contributed by atoms with E-state index in [-0.39, 0.29) is 0 Å². The fourth-order valence-electron chi connectivity index (χ4n) is 1.78. The van der Waals surface area contributed by atoms with Crippen LogP contribution in [0.5, 0.6) is 0 Å². The molecular formula is C12H25N3O6. The van der Waals surface area contributed by atoms with Crippen molar-refractivity contribution in [3.05, 3.63) is 20.2 Å². The van der Waals surface area contributed by atoms with Gasteiger partial charge in [0.05, 0.1) is 0 Å². The second-order valence-corrected chi connectivity index (χ2v) is 5.25. The lowest BCUT2D eigenvalue weighted by Crippen LogP contribution is -2.27. The smallest absolute Gasteiger partial charge is 0.294 e. The van der Waals surface area contributed by atoms with Crippen molar-refractivity contribution in [3.8, 4) is 0 Å². The molecule has 0 aromatic carbocycles. The van der Waals surface area contributed by atoms with Crippen LogP contribution in [0.25, 0.3) is 0 Å². The Balaban J connectivity index is 3.76. The van der Waals surface area contributed by atoms with Crippen molar-refractivity contribution < 1.29 is 19.8 Å². The first-order valence-corrected chi connectivity index (χ1v) is 7.11. The van der Waals surface area contributed by atoms with Crippen LogP contribution in [0.1, 0.15) is 46.0 Å². The average Bonchev–Trinajstić information content (AvgIpc) is 2.38. The Bertz CT molecular complexity index is 313. The molecule has 0 aromatic heterocycles. The highest BCUT2D eigenvalue weighted by atomic mass is 17.0. The Morgan fingerprint density at radius 2 is 1.67 bits per heavy atom. The molecule has 0 aliphatic carbocycles. The van der Waals surface area contributed by atoms with Crippen molar-refractivity contribution in [2.75, 3.05) is 20.2 Å². The molecule has 0 amide bonds. The maximum Gasteiger partial charge on any atom is 0.294 e. The summed E-state index contributed by atoms with van der Waals surface area (Å²) in [5.41, 5.74) is 0. The molecule has 9 heteroatoms. The third-order valence-corrected chi connectivity index (χ3v) is 3.27. The molecule has 1 unspecified atom stereocenters. The third-order valence-electron chi connectivity index (χ3n) is 3.27. The van der Waals surface area contributed by atoms with Gasteiger partial charge in [-0.1, -0.05) is 19.3 Å². The summed E-state index contributed by atoms with van der Waals surface area (Å²) in [7, 11) is 2.07. The average molecular weight is 307 g/mol. The summed E-state index contributed by atoms with van der Waals surface area (Å²) in [6, 6.07) is 0.516. The third kappa shape index (κ3) is 11.9. The summed E-state index contributed by atoms with van der Waals surface area (Å²) in [5, 5.41) is 18.4. The number of unbranched alkanes of at least 4 members (excludes halogenated alkanes) is 3. The van der Waals surface area contributed by atoms with E-state index in [1.165, 1.54) is 0 Å². The van der Waals surface area contributed by atoms with Gasteiger partial charge in [-0.15, -0.1) is 20.2 Å². The Kier molecular flexibility index (Phi) is 10.2. The predicted molar refractivity (Wildman–Crippen MR) is 75.7 cm³/mol. The minimum Gasteiger partial charge on any atom is -0.312 e. The highest BCUT2D eigenvalue weighted by Gasteiger charge is 2.15. The van der Waals surface area contributed by atoms with E-state index in [0.717, 1.165) is 25.8 Å². The predicted octanol–water partition coefficient (Wildman–Crippen LogP) is 2.06. The van der Waals surface area contributed by atoms with Gasteiger partial charge >= 0.3 is 0 Å². The van der Waals surface area contributed by atoms with E-state index >= 15 is 0 Å². The van der Waals surface area contributed by atoms with Gasteiger partial charge in [0.2, 0.25) is 0 Å². The second-order valence-electron chi connectivity index (χ2n) is 5.25. The molecule has 0 N–H and O–H groups in total. The Morgan fingerprint density at radius 3 is 2.19 bits per heavy atom. The van der Waals surface area contributed by atoms with Crippen molar-refractivity contribution in [2.45, 2.75) is 58.1 Å². The molecule has 0 heterocycles. The first-order chi connectivity index (χ1) is 9.82. The molecule has 0 aliphatic heterocycles. The summed E-state index contributed by atoms with van der Waals surface area (Å²) < 4.78 is 0. The van der Waals surface area contributed by atoms with Crippen LogP contribution in [0.2, 0.25) is 0 Å². The normalized spacial score (nSPS) is 12.4. The van der Waals surface area contributed by atoms with Gasteiger partial charge in [0.25, 0.3) is 10.2 Å². The van der Waals surface area contributed by atoms with E-state index in [9.17, 15) is 20.2 Å². The SMILES string of the molecule is CC(C)N(C)CCCCCCC(CO[N+](=O)[O-])O[N+](=O)[O-]. The van der Waals surface area contributed by atoms with E-state index in [2.05, 4.69) is 35.5 Å². The van der Waals surface area contributed by atoms with Gasteiger partial charge in [0.15, 0.2) is 0 Å². The van der Waals surface area contributed by atoms with Gasteiger partial charge in [-0.25, -0.2) is 0 Å². The quantitative estimate of drug-likeness (QED) is 0.291. The van der Waals surface area contributed by atoms with Gasteiger partial charge < -0.3 is 14.6 Å². The van der Waals surface area contributed by atoms with Gasteiger partial charge in [0, 0.05) is 6.04 Å². The van der Waals surface area contributed by atoms with E-state index in [1.54, 1.807) is 0 Å². The molecule has 0 saturated heterocycles. The molecule has 0 aromatic rings. The maximum absolute atomic E-state index is 10.3. The molecule has 0 saturated carbocycles. The van der Waals surface area contributed by atoms with Gasteiger partial charge in [0.1, 0.15) is 12.7 Å². The first kappa shape index (κ1) is 19.4. The second kappa shape index (κ2) is 11.1. The summed E-state index contributed by atoms with van der Waals surface area (Å²) >= 11 is 0. The largest absolute Gasteiger partial charge is 0.312 e. The van der Waals surface area contributed by atoms with E-state index in [4.69, 9.17) is 0 Å². The van der Waals surface area contributed by atoms with Crippen LogP contribution in [0, 0.1) is 20.2 Å². The number of nitrogens with zero attached hydrogens (tertiary/aromatic N) is 3. The lowest BCUT2D eigenvalue weighted by molar-refractivity contribution is -0.790. The Hall–Kier alpha value is -1.64. The molecule has 124 valence electrons. The van der Waals surface area contributed by atoms with Crippen molar-refractivity contribution in [1.82, 2.24) is 4.90 Å². The van der Waals surface area contributed by atoms with Crippen molar-refractivity contribution in [1.29, 1.82) is 0 Å². The molecule has 0 rings (SSSR count). The fourth-order valence-corrected chi connectivity index (χ4v) is 1.78. The molecule has 9 nitrogen and oxygen atoms in total. The lowest BCUT2D eigenvalue weighted by Gasteiger charge is -2.20. The van der Waals surface area contributed by atoms with E-state index < -0.39 is 22.9 Å². The summed E-state index contributed by atoms with van der Waals surface area (Å²) in [5.74, 6) is 0. The monoisotopic (exact) mass is 307 g/mol. The van der Waals surface area contributed by atoms with Crippen molar-refractivity contribution in [2.24, 2.45) is 0 Å². The zero-order valence-corrected chi connectivity index (χ0v) is 12.9. The minimum absolute atomic E-state index is 0.370. The zero-order valence-electron chi connectivity index (χ0n) is 12.9. The van der Waals surface area contributed by atoms with Crippen molar-refractivity contribution >= 4 is 0 Å². The maximum atomic E-state index is 10.3. The zero-order chi connectivity index (χ0) is 16.3. The van der Waals surface area contributed by atoms with Crippen molar-refractivity contribution in [3.63, 3.8) is 0 Å². The van der Waals surface area contributed by atoms with Crippen LogP contribution < -0.4 is 0 Å². The van der Waals surface area contributed by atoms with Crippen LogP contribution in [-0.4, -0.2) is 47.4 Å². The number of hydrogen-bond acceptors (Lipinski definition) is 7. The highest BCUT2D eigenvalue weighted by molar-refractivity contribution is 4.58. The number of rotatable bonds is 13. The van der Waals surface area contributed by atoms with Crippen LogP contribution in [-0.2, 0) is 9.68 Å². The standard InChI is InChI=1S/C12H25N3O6/c1-11(2)13(3)9-7-5-4-6-8-12(21-15(18)19)10-20-14(16)17/h11-12H,4-10H2,1-3H3. The van der Waals surface area contributed by atoms with Crippen LogP contribution in [0.4, 0.5) is 0 Å². The topological polar surface area (TPSA) is 108 Å². The molecular weight excluding hydrogens is 282 g/mol. The van der Waals surface area contributed by atoms with Crippen LogP contribution in [0.3, 0.4) is 0 Å². The first-order valence-electron chi connectivity index (χ1n) is 7.11. The van der Waals surface area contributed by atoms with Gasteiger partial charge in [-0.3, -0.25) is 0 Å². The highest BCUT2D eigenvalue weighted by Crippen LogP contribution is 2.10. The molecule has 0 fully saturated rings. The molecule has 1 atom stereocenters. The lowest BCUT2D eigenvalue weighted by atomic mass is 10.1. The van der Waals surface area contributed by atoms with Gasteiger partial charge in [-0.05, 0) is 40.3 Å². The molecule has 0 bridgehead atoms.